The third kappa shape index (κ3) is 4.16. The van der Waals surface area contributed by atoms with Crippen LogP contribution in [0.15, 0.2) is 47.4 Å². The highest BCUT2D eigenvalue weighted by Gasteiger charge is 2.23. The molecule has 2 aromatic carbocycles. The number of hydrogen-bond donors (Lipinski definition) is 2. The maximum atomic E-state index is 13.4. The monoisotopic (exact) mass is 481 g/mol. The van der Waals surface area contributed by atoms with Crippen LogP contribution in [0.4, 0.5) is 11.6 Å². The van der Waals surface area contributed by atoms with Crippen molar-refractivity contribution in [1.29, 1.82) is 5.26 Å². The van der Waals surface area contributed by atoms with Gasteiger partial charge in [-0.2, -0.15) is 10.2 Å². The Morgan fingerprint density at radius 1 is 1.14 bits per heavy atom. The van der Waals surface area contributed by atoms with Crippen LogP contribution in [0.3, 0.4) is 0 Å². The quantitative estimate of drug-likeness (QED) is 0.437. The van der Waals surface area contributed by atoms with Crippen LogP contribution >= 0.6 is 0 Å². The molecule has 5 rings (SSSR count). The molecule has 0 bridgehead atoms. The van der Waals surface area contributed by atoms with Gasteiger partial charge in [-0.1, -0.05) is 26.8 Å². The zero-order valence-corrected chi connectivity index (χ0v) is 21.4. The molecule has 0 saturated carbocycles. The number of fused-ring (bicyclic) bond motifs is 2. The summed E-state index contributed by atoms with van der Waals surface area (Å²) in [6, 6.07) is 14.2. The number of hydrogen-bond acceptors (Lipinski definition) is 6. The van der Waals surface area contributed by atoms with Gasteiger partial charge in [-0.3, -0.25) is 4.79 Å². The van der Waals surface area contributed by atoms with E-state index < -0.39 is 0 Å². The van der Waals surface area contributed by atoms with Crippen LogP contribution in [0.25, 0.3) is 16.7 Å². The molecule has 1 aliphatic heterocycles. The van der Waals surface area contributed by atoms with Gasteiger partial charge in [0.25, 0.3) is 5.56 Å². The van der Waals surface area contributed by atoms with Gasteiger partial charge in [0.15, 0.2) is 5.65 Å². The number of anilines is 2. The molecule has 1 aliphatic rings. The van der Waals surface area contributed by atoms with Gasteiger partial charge < -0.3 is 10.6 Å². The lowest BCUT2D eigenvalue weighted by Crippen LogP contribution is -2.24. The Hall–Kier alpha value is -3.96. The van der Waals surface area contributed by atoms with Crippen LogP contribution < -0.4 is 16.2 Å². The second kappa shape index (κ2) is 8.92. The SMILES string of the molecule is CC(C)n1c(=O)c2cnc(Nc3ccc4c(c3)CNCC4)nc2n1-c1ccc(C#N)c(C(C)(C)C)c1. The van der Waals surface area contributed by atoms with E-state index >= 15 is 0 Å². The first-order valence-corrected chi connectivity index (χ1v) is 12.3. The standard InChI is InChI=1S/C28H31N7O/c1-17(2)34-26(36)23-16-31-27(32-21-8-6-18-10-11-30-15-20(18)12-21)33-25(23)35(34)22-9-7-19(14-29)24(13-22)28(3,4)5/h6-9,12-13,16-17,30H,10-11,15H2,1-5H3,(H,31,32,33). The average Bonchev–Trinajstić information content (AvgIpc) is 3.15. The Labute approximate surface area is 210 Å². The van der Waals surface area contributed by atoms with E-state index in [1.165, 1.54) is 11.1 Å². The summed E-state index contributed by atoms with van der Waals surface area (Å²) in [5.41, 5.74) is 5.99. The van der Waals surface area contributed by atoms with Crippen LogP contribution in [0.1, 0.15) is 62.9 Å². The summed E-state index contributed by atoms with van der Waals surface area (Å²) in [5, 5.41) is 16.8. The van der Waals surface area contributed by atoms with Gasteiger partial charge in [0.1, 0.15) is 5.39 Å². The van der Waals surface area contributed by atoms with Crippen LogP contribution in [-0.4, -0.2) is 25.9 Å². The minimum Gasteiger partial charge on any atom is -0.324 e. The minimum atomic E-state index is -0.240. The summed E-state index contributed by atoms with van der Waals surface area (Å²) < 4.78 is 3.55. The first kappa shape index (κ1) is 23.8. The van der Waals surface area contributed by atoms with Crippen molar-refractivity contribution in [2.75, 3.05) is 11.9 Å². The molecule has 0 aliphatic carbocycles. The van der Waals surface area contributed by atoms with Crippen molar-refractivity contribution < 1.29 is 0 Å². The summed E-state index contributed by atoms with van der Waals surface area (Å²) in [5.74, 6) is 0.422. The number of nitriles is 1. The molecule has 2 N–H and O–H groups in total. The van der Waals surface area contributed by atoms with E-state index in [1.807, 2.05) is 42.8 Å². The number of aromatic nitrogens is 4. The van der Waals surface area contributed by atoms with Gasteiger partial charge in [0.2, 0.25) is 5.95 Å². The molecule has 184 valence electrons. The van der Waals surface area contributed by atoms with Crippen molar-refractivity contribution in [3.8, 4) is 11.8 Å². The summed E-state index contributed by atoms with van der Waals surface area (Å²) in [4.78, 5) is 22.6. The third-order valence-electron chi connectivity index (χ3n) is 6.64. The Morgan fingerprint density at radius 3 is 2.67 bits per heavy atom. The first-order valence-electron chi connectivity index (χ1n) is 12.3. The van der Waals surface area contributed by atoms with Gasteiger partial charge in [0.05, 0.1) is 17.3 Å². The fourth-order valence-corrected chi connectivity index (χ4v) is 4.84. The third-order valence-corrected chi connectivity index (χ3v) is 6.64. The lowest BCUT2D eigenvalue weighted by Gasteiger charge is -2.23. The number of nitrogens with one attached hydrogen (secondary N) is 2. The smallest absolute Gasteiger partial charge is 0.278 e. The number of nitrogens with zero attached hydrogens (tertiary/aromatic N) is 5. The van der Waals surface area contributed by atoms with Crippen molar-refractivity contribution in [3.63, 3.8) is 0 Å². The zero-order valence-electron chi connectivity index (χ0n) is 21.4. The molecule has 8 nitrogen and oxygen atoms in total. The molecule has 3 heterocycles. The van der Waals surface area contributed by atoms with Gasteiger partial charge in [-0.25, -0.2) is 14.3 Å². The summed E-state index contributed by atoms with van der Waals surface area (Å²) in [7, 11) is 0. The number of rotatable bonds is 4. The molecular weight excluding hydrogens is 450 g/mol. The fraction of sp³-hybridized carbons (Fsp3) is 0.357. The molecule has 0 radical (unpaired) electrons. The Balaban J connectivity index is 1.66. The summed E-state index contributed by atoms with van der Waals surface area (Å²) in [6.07, 6.45) is 2.62. The highest BCUT2D eigenvalue weighted by atomic mass is 16.1. The van der Waals surface area contributed by atoms with E-state index in [4.69, 9.17) is 4.98 Å². The predicted molar refractivity (Wildman–Crippen MR) is 142 cm³/mol. The van der Waals surface area contributed by atoms with Crippen molar-refractivity contribution in [1.82, 2.24) is 24.6 Å². The molecule has 0 unspecified atom stereocenters. The molecule has 0 saturated heterocycles. The normalized spacial score (nSPS) is 13.6. The van der Waals surface area contributed by atoms with E-state index in [1.54, 1.807) is 10.9 Å². The van der Waals surface area contributed by atoms with Gasteiger partial charge in [-0.15, -0.1) is 0 Å². The first-order chi connectivity index (χ1) is 17.2. The van der Waals surface area contributed by atoms with E-state index in [9.17, 15) is 10.1 Å². The summed E-state index contributed by atoms with van der Waals surface area (Å²) in [6.45, 7) is 12.0. The van der Waals surface area contributed by atoms with Crippen LogP contribution in [0.2, 0.25) is 0 Å². The second-order valence-electron chi connectivity index (χ2n) is 10.6. The Bertz CT molecular complexity index is 1560. The molecular formula is C28H31N7O. The number of benzene rings is 2. The highest BCUT2D eigenvalue weighted by Crippen LogP contribution is 2.29. The molecule has 0 atom stereocenters. The maximum Gasteiger partial charge on any atom is 0.278 e. The van der Waals surface area contributed by atoms with Gasteiger partial charge >= 0.3 is 0 Å². The van der Waals surface area contributed by atoms with Gasteiger partial charge in [0, 0.05) is 24.5 Å². The van der Waals surface area contributed by atoms with E-state index in [0.29, 0.717) is 22.5 Å². The molecule has 0 spiro atoms. The largest absolute Gasteiger partial charge is 0.324 e. The Kier molecular flexibility index (Phi) is 5.89. The lowest BCUT2D eigenvalue weighted by molar-refractivity contribution is 0.475. The molecule has 2 aromatic heterocycles. The summed E-state index contributed by atoms with van der Waals surface area (Å²) >= 11 is 0. The van der Waals surface area contributed by atoms with Gasteiger partial charge in [-0.05, 0) is 79.3 Å². The van der Waals surface area contributed by atoms with E-state index in [2.05, 4.69) is 54.6 Å². The molecule has 0 amide bonds. The zero-order chi connectivity index (χ0) is 25.6. The highest BCUT2D eigenvalue weighted by molar-refractivity contribution is 5.77. The maximum absolute atomic E-state index is 13.4. The molecule has 4 aromatic rings. The van der Waals surface area contributed by atoms with Crippen LogP contribution in [-0.2, 0) is 18.4 Å². The Morgan fingerprint density at radius 2 is 1.94 bits per heavy atom. The van der Waals surface area contributed by atoms with Crippen LogP contribution in [0, 0.1) is 11.3 Å². The van der Waals surface area contributed by atoms with Crippen LogP contribution in [0.5, 0.6) is 0 Å². The van der Waals surface area contributed by atoms with E-state index in [0.717, 1.165) is 36.4 Å². The predicted octanol–water partition coefficient (Wildman–Crippen LogP) is 4.72. The van der Waals surface area contributed by atoms with Crippen molar-refractivity contribution in [3.05, 3.63) is 75.2 Å². The fourth-order valence-electron chi connectivity index (χ4n) is 4.84. The topological polar surface area (TPSA) is 101 Å². The van der Waals surface area contributed by atoms with Crippen molar-refractivity contribution >= 4 is 22.7 Å². The molecule has 36 heavy (non-hydrogen) atoms. The average molecular weight is 482 g/mol. The minimum absolute atomic E-state index is 0.106. The van der Waals surface area contributed by atoms with Crippen molar-refractivity contribution in [2.24, 2.45) is 0 Å². The van der Waals surface area contributed by atoms with Crippen molar-refractivity contribution in [2.45, 2.75) is 59.0 Å². The lowest BCUT2D eigenvalue weighted by atomic mass is 9.84. The van der Waals surface area contributed by atoms with E-state index in [-0.39, 0.29) is 17.0 Å². The molecule has 8 heteroatoms. The second-order valence-corrected chi connectivity index (χ2v) is 10.6. The molecule has 0 fully saturated rings.